The minimum Gasteiger partial charge on any atom is -0.352 e. The molecule has 18 heavy (non-hydrogen) atoms. The summed E-state index contributed by atoms with van der Waals surface area (Å²) in [5, 5.41) is 6.34. The topological polar surface area (TPSA) is 41.1 Å². The van der Waals surface area contributed by atoms with Gasteiger partial charge < -0.3 is 10.6 Å². The molecule has 1 amide bonds. The van der Waals surface area contributed by atoms with Gasteiger partial charge in [0.1, 0.15) is 0 Å². The molecule has 3 nitrogen and oxygen atoms in total. The second-order valence-corrected chi connectivity index (χ2v) is 5.46. The van der Waals surface area contributed by atoms with Crippen LogP contribution in [-0.2, 0) is 13.0 Å². The Labute approximate surface area is 113 Å². The van der Waals surface area contributed by atoms with E-state index in [2.05, 4.69) is 23.0 Å². The van der Waals surface area contributed by atoms with Crippen molar-refractivity contribution in [2.24, 2.45) is 0 Å². The molecule has 2 rings (SSSR count). The molecule has 2 N–H and O–H groups in total. The highest BCUT2D eigenvalue weighted by Crippen LogP contribution is 2.18. The molecule has 0 atom stereocenters. The van der Waals surface area contributed by atoms with E-state index in [-0.39, 0.29) is 5.91 Å². The highest BCUT2D eigenvalue weighted by Gasteiger charge is 2.16. The van der Waals surface area contributed by atoms with Gasteiger partial charge in [0, 0.05) is 18.7 Å². The molecule has 1 aromatic rings. The van der Waals surface area contributed by atoms with Gasteiger partial charge in [0.25, 0.3) is 5.91 Å². The summed E-state index contributed by atoms with van der Waals surface area (Å²) >= 11 is 1.81. The first kappa shape index (κ1) is 13.4. The van der Waals surface area contributed by atoms with Crippen LogP contribution in [0.4, 0.5) is 0 Å². The van der Waals surface area contributed by atoms with E-state index in [9.17, 15) is 4.79 Å². The normalized spacial score (nSPS) is 14.1. The Morgan fingerprint density at radius 3 is 3.22 bits per heavy atom. The van der Waals surface area contributed by atoms with Crippen molar-refractivity contribution in [1.82, 2.24) is 10.6 Å². The maximum atomic E-state index is 12.1. The fourth-order valence-corrected chi connectivity index (χ4v) is 2.69. The SMILES string of the molecule is CSCCCNC(=O)c1cccc2c1CCNC2. The highest BCUT2D eigenvalue weighted by atomic mass is 32.2. The minimum atomic E-state index is 0.0786. The zero-order chi connectivity index (χ0) is 12.8. The van der Waals surface area contributed by atoms with E-state index in [0.29, 0.717) is 0 Å². The first-order chi connectivity index (χ1) is 8.83. The average Bonchev–Trinajstić information content (AvgIpc) is 2.43. The van der Waals surface area contributed by atoms with Gasteiger partial charge in [0.15, 0.2) is 0 Å². The molecule has 0 bridgehead atoms. The summed E-state index contributed by atoms with van der Waals surface area (Å²) in [6, 6.07) is 6.02. The molecule has 0 unspecified atom stereocenters. The number of hydrogen-bond donors (Lipinski definition) is 2. The highest BCUT2D eigenvalue weighted by molar-refractivity contribution is 7.98. The van der Waals surface area contributed by atoms with E-state index in [4.69, 9.17) is 0 Å². The number of nitrogens with one attached hydrogen (secondary N) is 2. The van der Waals surface area contributed by atoms with Gasteiger partial charge in [0.05, 0.1) is 0 Å². The first-order valence-corrected chi connectivity index (χ1v) is 7.81. The van der Waals surface area contributed by atoms with Crippen LogP contribution < -0.4 is 10.6 Å². The predicted molar refractivity (Wildman–Crippen MR) is 77.2 cm³/mol. The fourth-order valence-electron chi connectivity index (χ4n) is 2.26. The molecule has 0 radical (unpaired) electrons. The fraction of sp³-hybridized carbons (Fsp3) is 0.500. The number of amides is 1. The van der Waals surface area contributed by atoms with Crippen LogP contribution in [0.3, 0.4) is 0 Å². The van der Waals surface area contributed by atoms with Gasteiger partial charge in [-0.2, -0.15) is 11.8 Å². The van der Waals surface area contributed by atoms with Crippen LogP contribution in [0, 0.1) is 0 Å². The summed E-state index contributed by atoms with van der Waals surface area (Å²) in [7, 11) is 0. The monoisotopic (exact) mass is 264 g/mol. The second kappa shape index (κ2) is 6.81. The van der Waals surface area contributed by atoms with Crippen LogP contribution in [0.1, 0.15) is 27.9 Å². The van der Waals surface area contributed by atoms with E-state index in [0.717, 1.165) is 43.8 Å². The number of carbonyl (C=O) groups excluding carboxylic acids is 1. The Bertz CT molecular complexity index is 420. The van der Waals surface area contributed by atoms with Crippen LogP contribution in [0.15, 0.2) is 18.2 Å². The van der Waals surface area contributed by atoms with Crippen LogP contribution in [0.5, 0.6) is 0 Å². The number of hydrogen-bond acceptors (Lipinski definition) is 3. The van der Waals surface area contributed by atoms with Gasteiger partial charge in [-0.1, -0.05) is 12.1 Å². The van der Waals surface area contributed by atoms with E-state index in [1.165, 1.54) is 11.1 Å². The third kappa shape index (κ3) is 3.27. The lowest BCUT2D eigenvalue weighted by Crippen LogP contribution is -2.30. The molecular formula is C14H20N2OS. The van der Waals surface area contributed by atoms with Crippen molar-refractivity contribution in [1.29, 1.82) is 0 Å². The van der Waals surface area contributed by atoms with Crippen molar-refractivity contribution < 1.29 is 4.79 Å². The van der Waals surface area contributed by atoms with Gasteiger partial charge in [0.2, 0.25) is 0 Å². The van der Waals surface area contributed by atoms with E-state index in [1.54, 1.807) is 0 Å². The van der Waals surface area contributed by atoms with Crippen LogP contribution in [0.2, 0.25) is 0 Å². The van der Waals surface area contributed by atoms with Crippen molar-refractivity contribution in [2.75, 3.05) is 25.1 Å². The standard InChI is InChI=1S/C14H20N2OS/c1-18-9-3-7-16-14(17)13-5-2-4-11-10-15-8-6-12(11)13/h2,4-5,15H,3,6-10H2,1H3,(H,16,17). The molecule has 4 heteroatoms. The zero-order valence-electron chi connectivity index (χ0n) is 10.8. The van der Waals surface area contributed by atoms with Gasteiger partial charge in [-0.05, 0) is 48.6 Å². The average molecular weight is 264 g/mol. The summed E-state index contributed by atoms with van der Waals surface area (Å²) in [5.74, 6) is 1.17. The van der Waals surface area contributed by atoms with Crippen LogP contribution in [-0.4, -0.2) is 31.0 Å². The molecular weight excluding hydrogens is 244 g/mol. The molecule has 0 fully saturated rings. The molecule has 1 aliphatic rings. The van der Waals surface area contributed by atoms with Gasteiger partial charge in [-0.15, -0.1) is 0 Å². The first-order valence-electron chi connectivity index (χ1n) is 6.41. The number of carbonyl (C=O) groups is 1. The summed E-state index contributed by atoms with van der Waals surface area (Å²) in [6.07, 6.45) is 4.07. The molecule has 0 saturated carbocycles. The van der Waals surface area contributed by atoms with Crippen molar-refractivity contribution in [3.63, 3.8) is 0 Å². The number of rotatable bonds is 5. The number of fused-ring (bicyclic) bond motifs is 1. The maximum absolute atomic E-state index is 12.1. The minimum absolute atomic E-state index is 0.0786. The van der Waals surface area contributed by atoms with Gasteiger partial charge in [-0.25, -0.2) is 0 Å². The van der Waals surface area contributed by atoms with E-state index < -0.39 is 0 Å². The van der Waals surface area contributed by atoms with E-state index in [1.807, 2.05) is 23.9 Å². The smallest absolute Gasteiger partial charge is 0.251 e. The van der Waals surface area contributed by atoms with Gasteiger partial charge in [-0.3, -0.25) is 4.79 Å². The van der Waals surface area contributed by atoms with Crippen LogP contribution in [0.25, 0.3) is 0 Å². The summed E-state index contributed by atoms with van der Waals surface area (Å²) < 4.78 is 0. The van der Waals surface area contributed by atoms with Crippen molar-refractivity contribution >= 4 is 17.7 Å². The Hall–Kier alpha value is -1.00. The summed E-state index contributed by atoms with van der Waals surface area (Å²) in [4.78, 5) is 12.1. The Balaban J connectivity index is 2.01. The lowest BCUT2D eigenvalue weighted by Gasteiger charge is -2.19. The lowest BCUT2D eigenvalue weighted by atomic mass is 9.95. The Morgan fingerprint density at radius 1 is 1.50 bits per heavy atom. The molecule has 1 aliphatic heterocycles. The molecule has 1 aromatic carbocycles. The molecule has 0 spiro atoms. The zero-order valence-corrected chi connectivity index (χ0v) is 11.6. The predicted octanol–water partition coefficient (Wildman–Crippen LogP) is 1.82. The number of thioether (sulfide) groups is 1. The summed E-state index contributed by atoms with van der Waals surface area (Å²) in [6.45, 7) is 2.61. The quantitative estimate of drug-likeness (QED) is 0.797. The Morgan fingerprint density at radius 2 is 2.39 bits per heavy atom. The molecule has 0 saturated heterocycles. The molecule has 1 heterocycles. The third-order valence-electron chi connectivity index (χ3n) is 3.20. The molecule has 0 aliphatic carbocycles. The van der Waals surface area contributed by atoms with Crippen molar-refractivity contribution in [2.45, 2.75) is 19.4 Å². The maximum Gasteiger partial charge on any atom is 0.251 e. The lowest BCUT2D eigenvalue weighted by molar-refractivity contribution is 0.0952. The van der Waals surface area contributed by atoms with Crippen molar-refractivity contribution in [3.05, 3.63) is 34.9 Å². The van der Waals surface area contributed by atoms with Crippen molar-refractivity contribution in [3.8, 4) is 0 Å². The molecule has 98 valence electrons. The van der Waals surface area contributed by atoms with Crippen LogP contribution >= 0.6 is 11.8 Å². The Kier molecular flexibility index (Phi) is 5.08. The second-order valence-electron chi connectivity index (χ2n) is 4.47. The summed E-state index contributed by atoms with van der Waals surface area (Å²) in [5.41, 5.74) is 3.34. The largest absolute Gasteiger partial charge is 0.352 e. The number of benzene rings is 1. The molecule has 0 aromatic heterocycles. The van der Waals surface area contributed by atoms with E-state index >= 15 is 0 Å². The van der Waals surface area contributed by atoms with Gasteiger partial charge >= 0.3 is 0 Å². The third-order valence-corrected chi connectivity index (χ3v) is 3.89.